The Balaban J connectivity index is 1.60. The number of nitrogens with zero attached hydrogens (tertiary/aromatic N) is 1. The Morgan fingerprint density at radius 1 is 1.24 bits per heavy atom. The molecule has 3 heteroatoms. The molecule has 1 aromatic rings. The van der Waals surface area contributed by atoms with Gasteiger partial charge in [0.1, 0.15) is 0 Å². The summed E-state index contributed by atoms with van der Waals surface area (Å²) in [5, 5.41) is 3.62. The average Bonchev–Trinajstić information content (AvgIpc) is 2.79. The Hall–Kier alpha value is -0.130. The minimum Gasteiger partial charge on any atom is -0.314 e. The van der Waals surface area contributed by atoms with E-state index in [-0.39, 0.29) is 0 Å². The fraction of sp³-hybridized carbons (Fsp3) is 0.571. The van der Waals surface area contributed by atoms with Crippen LogP contribution in [0.25, 0.3) is 0 Å². The van der Waals surface area contributed by atoms with Crippen molar-refractivity contribution in [2.75, 3.05) is 19.6 Å². The molecule has 92 valence electrons. The Morgan fingerprint density at radius 3 is 2.88 bits per heavy atom. The molecule has 2 aliphatic rings. The summed E-state index contributed by atoms with van der Waals surface area (Å²) in [4.78, 5) is 2.62. The lowest BCUT2D eigenvalue weighted by molar-refractivity contribution is 0.156. The molecule has 2 atom stereocenters. The van der Waals surface area contributed by atoms with Crippen LogP contribution in [0.2, 0.25) is 0 Å². The van der Waals surface area contributed by atoms with E-state index in [0.717, 1.165) is 18.5 Å². The van der Waals surface area contributed by atoms with Crippen LogP contribution in [0.3, 0.4) is 0 Å². The molecule has 0 saturated carbocycles. The number of halogens is 1. The molecule has 2 unspecified atom stereocenters. The molecule has 0 radical (unpaired) electrons. The van der Waals surface area contributed by atoms with Gasteiger partial charge in [0.05, 0.1) is 0 Å². The van der Waals surface area contributed by atoms with E-state index in [0.29, 0.717) is 0 Å². The molecular weight excluding hydrogens is 323 g/mol. The van der Waals surface area contributed by atoms with Crippen molar-refractivity contribution in [3.05, 3.63) is 33.4 Å². The van der Waals surface area contributed by atoms with Gasteiger partial charge in [-0.2, -0.15) is 0 Å². The van der Waals surface area contributed by atoms with E-state index in [1.807, 2.05) is 0 Å². The van der Waals surface area contributed by atoms with E-state index in [1.165, 1.54) is 41.6 Å². The molecule has 17 heavy (non-hydrogen) atoms. The number of hydrogen-bond acceptors (Lipinski definition) is 2. The molecule has 1 N–H and O–H groups in total. The molecule has 0 bridgehead atoms. The fourth-order valence-electron chi connectivity index (χ4n) is 3.11. The summed E-state index contributed by atoms with van der Waals surface area (Å²) in [6.45, 7) is 4.89. The van der Waals surface area contributed by atoms with Gasteiger partial charge in [0.15, 0.2) is 0 Å². The van der Waals surface area contributed by atoms with Crippen molar-refractivity contribution < 1.29 is 0 Å². The van der Waals surface area contributed by atoms with Gasteiger partial charge in [-0.3, -0.25) is 4.90 Å². The molecule has 2 saturated heterocycles. The van der Waals surface area contributed by atoms with Crippen LogP contribution in [0.15, 0.2) is 24.3 Å². The fourth-order valence-corrected chi connectivity index (χ4v) is 3.47. The lowest BCUT2D eigenvalue weighted by Gasteiger charge is -2.34. The van der Waals surface area contributed by atoms with Crippen molar-refractivity contribution in [2.24, 2.45) is 5.92 Å². The van der Waals surface area contributed by atoms with E-state index in [2.05, 4.69) is 57.1 Å². The highest BCUT2D eigenvalue weighted by atomic mass is 127. The Bertz CT molecular complexity index is 376. The van der Waals surface area contributed by atoms with Gasteiger partial charge in [-0.05, 0) is 72.1 Å². The zero-order valence-electron chi connectivity index (χ0n) is 10.0. The SMILES string of the molecule is Ic1ccc(CN2CCC3NCCC3C2)cc1. The first-order valence-electron chi connectivity index (χ1n) is 6.51. The van der Waals surface area contributed by atoms with Crippen molar-refractivity contribution in [3.8, 4) is 0 Å². The standard InChI is InChI=1S/C14H19IN2/c15-13-3-1-11(2-4-13)9-17-8-6-14-12(10-17)5-7-16-14/h1-4,12,14,16H,5-10H2. The Kier molecular flexibility index (Phi) is 3.68. The second-order valence-corrected chi connectivity index (χ2v) is 6.51. The summed E-state index contributed by atoms with van der Waals surface area (Å²) in [6, 6.07) is 9.75. The maximum atomic E-state index is 3.62. The van der Waals surface area contributed by atoms with Gasteiger partial charge in [-0.25, -0.2) is 0 Å². The van der Waals surface area contributed by atoms with Crippen molar-refractivity contribution in [2.45, 2.75) is 25.4 Å². The van der Waals surface area contributed by atoms with E-state index in [4.69, 9.17) is 0 Å². The maximum absolute atomic E-state index is 3.62. The number of fused-ring (bicyclic) bond motifs is 1. The third-order valence-electron chi connectivity index (χ3n) is 4.06. The predicted octanol–water partition coefficient (Wildman–Crippen LogP) is 2.48. The normalized spacial score (nSPS) is 29.2. The zero-order valence-corrected chi connectivity index (χ0v) is 12.2. The lowest BCUT2D eigenvalue weighted by Crippen LogP contribution is -2.43. The molecule has 2 heterocycles. The van der Waals surface area contributed by atoms with E-state index >= 15 is 0 Å². The first-order valence-corrected chi connectivity index (χ1v) is 7.59. The van der Waals surface area contributed by atoms with Gasteiger partial charge in [-0.15, -0.1) is 0 Å². The topological polar surface area (TPSA) is 15.3 Å². The number of hydrogen-bond donors (Lipinski definition) is 1. The number of benzene rings is 1. The molecule has 2 fully saturated rings. The summed E-state index contributed by atoms with van der Waals surface area (Å²) in [7, 11) is 0. The van der Waals surface area contributed by atoms with Gasteiger partial charge in [-0.1, -0.05) is 12.1 Å². The Morgan fingerprint density at radius 2 is 2.06 bits per heavy atom. The molecule has 2 nitrogen and oxygen atoms in total. The van der Waals surface area contributed by atoms with Crippen LogP contribution in [0.5, 0.6) is 0 Å². The lowest BCUT2D eigenvalue weighted by atomic mass is 9.93. The van der Waals surface area contributed by atoms with Crippen LogP contribution in [0.4, 0.5) is 0 Å². The third kappa shape index (κ3) is 2.83. The number of nitrogens with one attached hydrogen (secondary N) is 1. The molecular formula is C14H19IN2. The minimum absolute atomic E-state index is 0.808. The van der Waals surface area contributed by atoms with Gasteiger partial charge in [0, 0.05) is 22.7 Å². The minimum atomic E-state index is 0.808. The van der Waals surface area contributed by atoms with Crippen LogP contribution in [-0.2, 0) is 6.54 Å². The van der Waals surface area contributed by atoms with Crippen molar-refractivity contribution in [3.63, 3.8) is 0 Å². The third-order valence-corrected chi connectivity index (χ3v) is 4.78. The van der Waals surface area contributed by atoms with E-state index in [1.54, 1.807) is 0 Å². The summed E-state index contributed by atoms with van der Waals surface area (Å²) in [6.07, 6.45) is 2.70. The first kappa shape index (κ1) is 11.9. The number of rotatable bonds is 2. The average molecular weight is 342 g/mol. The second kappa shape index (κ2) is 5.24. The zero-order chi connectivity index (χ0) is 11.7. The summed E-state index contributed by atoms with van der Waals surface area (Å²) in [5.41, 5.74) is 1.45. The van der Waals surface area contributed by atoms with Crippen LogP contribution in [0, 0.1) is 9.49 Å². The summed E-state index contributed by atoms with van der Waals surface area (Å²) in [5.74, 6) is 0.896. The van der Waals surface area contributed by atoms with E-state index in [9.17, 15) is 0 Å². The van der Waals surface area contributed by atoms with Crippen molar-refractivity contribution >= 4 is 22.6 Å². The molecule has 0 aromatic heterocycles. The highest BCUT2D eigenvalue weighted by molar-refractivity contribution is 14.1. The molecule has 0 amide bonds. The molecule has 0 spiro atoms. The summed E-state index contributed by atoms with van der Waals surface area (Å²) < 4.78 is 1.32. The molecule has 1 aromatic carbocycles. The first-order chi connectivity index (χ1) is 8.31. The number of likely N-dealkylation sites (tertiary alicyclic amines) is 1. The van der Waals surface area contributed by atoms with Gasteiger partial charge < -0.3 is 5.32 Å². The quantitative estimate of drug-likeness (QED) is 0.831. The second-order valence-electron chi connectivity index (χ2n) is 5.26. The monoisotopic (exact) mass is 342 g/mol. The van der Waals surface area contributed by atoms with Crippen LogP contribution in [0.1, 0.15) is 18.4 Å². The molecule has 2 aliphatic heterocycles. The summed E-state index contributed by atoms with van der Waals surface area (Å²) >= 11 is 2.37. The largest absolute Gasteiger partial charge is 0.314 e. The van der Waals surface area contributed by atoms with Gasteiger partial charge >= 0.3 is 0 Å². The van der Waals surface area contributed by atoms with Gasteiger partial charge in [0.2, 0.25) is 0 Å². The Labute approximate surface area is 117 Å². The highest BCUT2D eigenvalue weighted by Crippen LogP contribution is 2.25. The molecule has 3 rings (SSSR count). The maximum Gasteiger partial charge on any atom is 0.0233 e. The number of piperidine rings is 1. The van der Waals surface area contributed by atoms with Gasteiger partial charge in [0.25, 0.3) is 0 Å². The molecule has 0 aliphatic carbocycles. The van der Waals surface area contributed by atoms with Crippen LogP contribution in [-0.4, -0.2) is 30.6 Å². The van der Waals surface area contributed by atoms with Crippen LogP contribution >= 0.6 is 22.6 Å². The van der Waals surface area contributed by atoms with Crippen molar-refractivity contribution in [1.82, 2.24) is 10.2 Å². The highest BCUT2D eigenvalue weighted by Gasteiger charge is 2.32. The van der Waals surface area contributed by atoms with E-state index < -0.39 is 0 Å². The van der Waals surface area contributed by atoms with Crippen LogP contribution < -0.4 is 5.32 Å². The van der Waals surface area contributed by atoms with Crippen molar-refractivity contribution in [1.29, 1.82) is 0 Å². The predicted molar refractivity (Wildman–Crippen MR) is 79.0 cm³/mol. The smallest absolute Gasteiger partial charge is 0.0233 e.